The van der Waals surface area contributed by atoms with Crippen molar-refractivity contribution < 1.29 is 22.1 Å². The first kappa shape index (κ1) is 26.0. The number of hydrogen-bond acceptors (Lipinski definition) is 6. The largest absolute Gasteiger partial charge is 0.490 e. The van der Waals surface area contributed by atoms with E-state index in [9.17, 15) is 13.2 Å². The van der Waals surface area contributed by atoms with Crippen LogP contribution in [0.3, 0.4) is 0 Å². The fourth-order valence-electron chi connectivity index (χ4n) is 3.48. The number of amides is 1. The SMILES string of the molecule is CCOc1cc(/C=N\NC(=O)c2ccccc2-n2cccc2)cc(Cl)c1OS(=O)(=O)c1ccc(C)cc1. The van der Waals surface area contributed by atoms with Crippen molar-refractivity contribution >= 4 is 33.8 Å². The summed E-state index contributed by atoms with van der Waals surface area (Å²) in [5.74, 6) is -0.414. The molecule has 0 saturated heterocycles. The van der Waals surface area contributed by atoms with E-state index in [0.717, 1.165) is 5.56 Å². The van der Waals surface area contributed by atoms with Crippen LogP contribution in [0.2, 0.25) is 5.02 Å². The molecule has 0 aliphatic rings. The molecule has 10 heteroatoms. The zero-order chi connectivity index (χ0) is 26.4. The topological polar surface area (TPSA) is 99.0 Å². The van der Waals surface area contributed by atoms with Gasteiger partial charge in [-0.1, -0.05) is 41.4 Å². The molecule has 3 aromatic carbocycles. The first-order valence-electron chi connectivity index (χ1n) is 11.3. The summed E-state index contributed by atoms with van der Waals surface area (Å²) in [5, 5.41) is 4.04. The number of aromatic nitrogens is 1. The molecule has 0 aliphatic heterocycles. The zero-order valence-corrected chi connectivity index (χ0v) is 21.7. The van der Waals surface area contributed by atoms with Crippen molar-refractivity contribution in [3.63, 3.8) is 0 Å². The number of para-hydroxylation sites is 1. The molecule has 0 unspecified atom stereocenters. The van der Waals surface area contributed by atoms with Crippen molar-refractivity contribution in [1.29, 1.82) is 0 Å². The van der Waals surface area contributed by atoms with Gasteiger partial charge in [0.2, 0.25) is 5.75 Å². The van der Waals surface area contributed by atoms with Crippen LogP contribution >= 0.6 is 11.6 Å². The van der Waals surface area contributed by atoms with Crippen molar-refractivity contribution in [1.82, 2.24) is 9.99 Å². The minimum Gasteiger partial charge on any atom is -0.490 e. The lowest BCUT2D eigenvalue weighted by molar-refractivity contribution is 0.0955. The van der Waals surface area contributed by atoms with E-state index in [2.05, 4.69) is 10.5 Å². The van der Waals surface area contributed by atoms with Crippen LogP contribution in [0.4, 0.5) is 0 Å². The van der Waals surface area contributed by atoms with Gasteiger partial charge < -0.3 is 13.5 Å². The van der Waals surface area contributed by atoms with E-state index in [1.807, 2.05) is 48.1 Å². The fraction of sp³-hybridized carbons (Fsp3) is 0.111. The Morgan fingerprint density at radius 3 is 2.46 bits per heavy atom. The highest BCUT2D eigenvalue weighted by molar-refractivity contribution is 7.87. The lowest BCUT2D eigenvalue weighted by Crippen LogP contribution is -2.19. The summed E-state index contributed by atoms with van der Waals surface area (Å²) >= 11 is 6.38. The monoisotopic (exact) mass is 537 g/mol. The fourth-order valence-corrected chi connectivity index (χ4v) is 4.74. The lowest BCUT2D eigenvalue weighted by Gasteiger charge is -2.14. The summed E-state index contributed by atoms with van der Waals surface area (Å²) < 4.78 is 38.3. The molecule has 0 saturated carbocycles. The van der Waals surface area contributed by atoms with Crippen LogP contribution in [-0.2, 0) is 10.1 Å². The van der Waals surface area contributed by atoms with Gasteiger partial charge in [0.25, 0.3) is 5.91 Å². The molecule has 0 aliphatic carbocycles. The van der Waals surface area contributed by atoms with Crippen LogP contribution in [0.5, 0.6) is 11.5 Å². The van der Waals surface area contributed by atoms with E-state index in [0.29, 0.717) is 16.8 Å². The molecule has 4 aromatic rings. The van der Waals surface area contributed by atoms with Crippen LogP contribution in [0.15, 0.2) is 95.2 Å². The summed E-state index contributed by atoms with van der Waals surface area (Å²) in [6.07, 6.45) is 5.06. The van der Waals surface area contributed by atoms with Gasteiger partial charge in [-0.2, -0.15) is 13.5 Å². The first-order chi connectivity index (χ1) is 17.8. The number of hydrogen-bond donors (Lipinski definition) is 1. The second-order valence-electron chi connectivity index (χ2n) is 7.92. The predicted molar refractivity (Wildman–Crippen MR) is 142 cm³/mol. The van der Waals surface area contributed by atoms with Crippen molar-refractivity contribution in [3.05, 3.63) is 107 Å². The molecule has 1 aromatic heterocycles. The Morgan fingerprint density at radius 2 is 1.76 bits per heavy atom. The van der Waals surface area contributed by atoms with E-state index in [4.69, 9.17) is 20.5 Å². The number of ether oxygens (including phenoxy) is 1. The Hall–Kier alpha value is -4.08. The number of carbonyl (C=O) groups excluding carboxylic acids is 1. The minimum atomic E-state index is -4.14. The first-order valence-corrected chi connectivity index (χ1v) is 13.1. The lowest BCUT2D eigenvalue weighted by atomic mass is 10.1. The smallest absolute Gasteiger partial charge is 0.339 e. The van der Waals surface area contributed by atoms with Crippen molar-refractivity contribution in [2.75, 3.05) is 6.61 Å². The number of nitrogens with one attached hydrogen (secondary N) is 1. The van der Waals surface area contributed by atoms with Gasteiger partial charge in [0.1, 0.15) is 4.90 Å². The van der Waals surface area contributed by atoms with Crippen LogP contribution in [-0.4, -0.2) is 31.7 Å². The van der Waals surface area contributed by atoms with Gasteiger partial charge >= 0.3 is 10.1 Å². The normalized spacial score (nSPS) is 11.4. The Kier molecular flexibility index (Phi) is 7.95. The molecule has 1 amide bonds. The van der Waals surface area contributed by atoms with E-state index in [1.54, 1.807) is 31.2 Å². The summed E-state index contributed by atoms with van der Waals surface area (Å²) in [7, 11) is -4.14. The third-order valence-electron chi connectivity index (χ3n) is 5.25. The van der Waals surface area contributed by atoms with E-state index >= 15 is 0 Å². The van der Waals surface area contributed by atoms with Gasteiger partial charge in [-0.25, -0.2) is 5.43 Å². The predicted octanol–water partition coefficient (Wildman–Crippen LogP) is 5.37. The molecule has 0 bridgehead atoms. The van der Waals surface area contributed by atoms with Gasteiger partial charge in [-0.3, -0.25) is 4.79 Å². The second-order valence-corrected chi connectivity index (χ2v) is 9.87. The second kappa shape index (κ2) is 11.3. The quantitative estimate of drug-likeness (QED) is 0.176. The summed E-state index contributed by atoms with van der Waals surface area (Å²) in [6, 6.07) is 20.1. The maximum Gasteiger partial charge on any atom is 0.339 e. The molecule has 0 atom stereocenters. The number of benzene rings is 3. The number of carbonyl (C=O) groups is 1. The highest BCUT2D eigenvalue weighted by Gasteiger charge is 2.22. The third kappa shape index (κ3) is 6.19. The van der Waals surface area contributed by atoms with Crippen molar-refractivity contribution in [3.8, 4) is 17.2 Å². The van der Waals surface area contributed by atoms with Crippen LogP contribution in [0.1, 0.15) is 28.4 Å². The number of halogens is 1. The summed E-state index contributed by atoms with van der Waals surface area (Å²) in [5.41, 5.74) is 5.03. The number of hydrazone groups is 1. The van der Waals surface area contributed by atoms with Gasteiger partial charge in [-0.05, 0) is 67.9 Å². The molecule has 8 nitrogen and oxygen atoms in total. The number of aryl methyl sites for hydroxylation is 1. The van der Waals surface area contributed by atoms with Crippen LogP contribution in [0.25, 0.3) is 5.69 Å². The molecule has 37 heavy (non-hydrogen) atoms. The maximum atomic E-state index is 12.8. The van der Waals surface area contributed by atoms with Crippen molar-refractivity contribution in [2.24, 2.45) is 5.10 Å². The summed E-state index contributed by atoms with van der Waals surface area (Å²) in [4.78, 5) is 12.8. The van der Waals surface area contributed by atoms with Gasteiger partial charge in [0.05, 0.1) is 29.1 Å². The minimum absolute atomic E-state index is 0.00682. The highest BCUT2D eigenvalue weighted by atomic mass is 35.5. The van der Waals surface area contributed by atoms with Gasteiger partial charge in [0.15, 0.2) is 5.75 Å². The van der Waals surface area contributed by atoms with Crippen LogP contribution in [0, 0.1) is 6.92 Å². The van der Waals surface area contributed by atoms with E-state index in [1.165, 1.54) is 30.5 Å². The standard InChI is InChI=1S/C27H24ClN3O5S/c1-3-35-25-17-20(16-23(28)26(25)36-37(33,34)21-12-10-19(2)11-13-21)18-29-30-27(32)22-8-4-5-9-24(22)31-14-6-7-15-31/h4-18H,3H2,1-2H3,(H,30,32)/b29-18-. The number of rotatable bonds is 9. The van der Waals surface area contributed by atoms with Gasteiger partial charge in [0, 0.05) is 12.4 Å². The van der Waals surface area contributed by atoms with E-state index in [-0.39, 0.29) is 28.0 Å². The maximum absolute atomic E-state index is 12.8. The molecule has 4 rings (SSSR count). The Balaban J connectivity index is 1.55. The molecule has 1 heterocycles. The Morgan fingerprint density at radius 1 is 1.05 bits per heavy atom. The summed E-state index contributed by atoms with van der Waals surface area (Å²) in [6.45, 7) is 3.84. The third-order valence-corrected chi connectivity index (χ3v) is 6.76. The Bertz CT molecular complexity index is 1530. The van der Waals surface area contributed by atoms with Crippen molar-refractivity contribution in [2.45, 2.75) is 18.7 Å². The molecule has 1 N–H and O–H groups in total. The Labute approximate surface area is 220 Å². The zero-order valence-electron chi connectivity index (χ0n) is 20.1. The average Bonchev–Trinajstić information content (AvgIpc) is 3.41. The molecule has 0 fully saturated rings. The van der Waals surface area contributed by atoms with E-state index < -0.39 is 16.0 Å². The molecular weight excluding hydrogens is 514 g/mol. The number of nitrogens with zero attached hydrogens (tertiary/aromatic N) is 2. The van der Waals surface area contributed by atoms with Crippen LogP contribution < -0.4 is 14.3 Å². The average molecular weight is 538 g/mol. The highest BCUT2D eigenvalue weighted by Crippen LogP contribution is 2.38. The molecule has 0 radical (unpaired) electrons. The molecular formula is C27H24ClN3O5S. The van der Waals surface area contributed by atoms with Gasteiger partial charge in [-0.15, -0.1) is 0 Å². The molecule has 0 spiro atoms. The molecule has 190 valence electrons.